The van der Waals surface area contributed by atoms with E-state index >= 15 is 0 Å². The number of rotatable bonds is 7. The standard InChI is InChI=1S/C16H23NO4/c1-2-5-12(8-9-18)10-17-16(19)15-11-20-13-6-3-4-7-14(13)21-15/h3-4,6-7,12,15,18H,2,5,8-11H2,1H3,(H,17,19). The highest BCUT2D eigenvalue weighted by Gasteiger charge is 2.27. The maximum atomic E-state index is 12.1. The summed E-state index contributed by atoms with van der Waals surface area (Å²) in [5.41, 5.74) is 0. The molecule has 116 valence electrons. The van der Waals surface area contributed by atoms with Crippen LogP contribution in [0.25, 0.3) is 0 Å². The molecule has 2 rings (SSSR count). The fourth-order valence-electron chi connectivity index (χ4n) is 2.45. The Hall–Kier alpha value is -1.75. The molecule has 2 unspecified atom stereocenters. The first-order valence-corrected chi connectivity index (χ1v) is 7.51. The molecule has 1 aromatic carbocycles. The van der Waals surface area contributed by atoms with Crippen molar-refractivity contribution in [2.75, 3.05) is 19.8 Å². The zero-order valence-electron chi connectivity index (χ0n) is 12.4. The lowest BCUT2D eigenvalue weighted by molar-refractivity contribution is -0.130. The summed E-state index contributed by atoms with van der Waals surface area (Å²) in [7, 11) is 0. The van der Waals surface area contributed by atoms with Crippen molar-refractivity contribution < 1.29 is 19.4 Å². The number of fused-ring (bicyclic) bond motifs is 1. The molecule has 1 amide bonds. The molecule has 0 spiro atoms. The third-order valence-electron chi connectivity index (χ3n) is 3.60. The molecule has 1 aromatic rings. The van der Waals surface area contributed by atoms with Crippen molar-refractivity contribution in [3.63, 3.8) is 0 Å². The number of carbonyl (C=O) groups excluding carboxylic acids is 1. The molecule has 2 atom stereocenters. The minimum absolute atomic E-state index is 0.150. The fraction of sp³-hybridized carbons (Fsp3) is 0.562. The zero-order chi connectivity index (χ0) is 15.1. The van der Waals surface area contributed by atoms with Gasteiger partial charge >= 0.3 is 0 Å². The van der Waals surface area contributed by atoms with Crippen molar-refractivity contribution in [3.8, 4) is 11.5 Å². The highest BCUT2D eigenvalue weighted by molar-refractivity contribution is 5.81. The molecular formula is C16H23NO4. The van der Waals surface area contributed by atoms with Crippen LogP contribution in [0.3, 0.4) is 0 Å². The number of benzene rings is 1. The van der Waals surface area contributed by atoms with Gasteiger partial charge in [-0.15, -0.1) is 0 Å². The van der Waals surface area contributed by atoms with Gasteiger partial charge in [0.2, 0.25) is 6.10 Å². The summed E-state index contributed by atoms with van der Waals surface area (Å²) in [4.78, 5) is 12.1. The van der Waals surface area contributed by atoms with Gasteiger partial charge in [-0.3, -0.25) is 4.79 Å². The highest BCUT2D eigenvalue weighted by atomic mass is 16.6. The Morgan fingerprint density at radius 3 is 2.86 bits per heavy atom. The number of carbonyl (C=O) groups is 1. The summed E-state index contributed by atoms with van der Waals surface area (Å²) in [6, 6.07) is 7.33. The van der Waals surface area contributed by atoms with Gasteiger partial charge in [0.05, 0.1) is 0 Å². The van der Waals surface area contributed by atoms with Crippen LogP contribution in [0.15, 0.2) is 24.3 Å². The number of aliphatic hydroxyl groups is 1. The number of nitrogens with one attached hydrogen (secondary N) is 1. The molecule has 0 aromatic heterocycles. The minimum Gasteiger partial charge on any atom is -0.485 e. The maximum Gasteiger partial charge on any atom is 0.264 e. The van der Waals surface area contributed by atoms with Crippen molar-refractivity contribution in [2.45, 2.75) is 32.3 Å². The van der Waals surface area contributed by atoms with Gasteiger partial charge in [-0.05, 0) is 30.9 Å². The Balaban J connectivity index is 1.84. The van der Waals surface area contributed by atoms with E-state index in [0.717, 1.165) is 12.8 Å². The second kappa shape index (κ2) is 7.88. The quantitative estimate of drug-likeness (QED) is 0.803. The zero-order valence-corrected chi connectivity index (χ0v) is 12.4. The third-order valence-corrected chi connectivity index (χ3v) is 3.60. The van der Waals surface area contributed by atoms with Crippen LogP contribution < -0.4 is 14.8 Å². The number of para-hydroxylation sites is 2. The maximum absolute atomic E-state index is 12.1. The summed E-state index contributed by atoms with van der Waals surface area (Å²) in [6.45, 7) is 3.04. The van der Waals surface area contributed by atoms with Gasteiger partial charge in [0.15, 0.2) is 11.5 Å². The molecule has 2 N–H and O–H groups in total. The number of hydrogen-bond acceptors (Lipinski definition) is 4. The number of amides is 1. The molecule has 0 bridgehead atoms. The SMILES string of the molecule is CCCC(CCO)CNC(=O)C1COc2ccccc2O1. The third kappa shape index (κ3) is 4.36. The molecule has 21 heavy (non-hydrogen) atoms. The summed E-state index contributed by atoms with van der Waals surface area (Å²) in [6.07, 6.45) is 2.12. The van der Waals surface area contributed by atoms with Crippen LogP contribution in [0.5, 0.6) is 11.5 Å². The van der Waals surface area contributed by atoms with E-state index in [1.165, 1.54) is 0 Å². The molecule has 0 saturated carbocycles. The van der Waals surface area contributed by atoms with E-state index in [4.69, 9.17) is 14.6 Å². The summed E-state index contributed by atoms with van der Waals surface area (Å²) in [5.74, 6) is 1.42. The Kier molecular flexibility index (Phi) is 5.87. The first-order valence-electron chi connectivity index (χ1n) is 7.51. The number of hydrogen-bond donors (Lipinski definition) is 2. The first kappa shape index (κ1) is 15.6. The monoisotopic (exact) mass is 293 g/mol. The second-order valence-electron chi connectivity index (χ2n) is 5.28. The topological polar surface area (TPSA) is 67.8 Å². The predicted octanol–water partition coefficient (Wildman–Crippen LogP) is 1.74. The summed E-state index contributed by atoms with van der Waals surface area (Å²) >= 11 is 0. The highest BCUT2D eigenvalue weighted by Crippen LogP contribution is 2.30. The van der Waals surface area contributed by atoms with E-state index in [0.29, 0.717) is 30.4 Å². The molecule has 0 fully saturated rings. The predicted molar refractivity (Wildman–Crippen MR) is 79.5 cm³/mol. The Bertz CT molecular complexity index is 457. The van der Waals surface area contributed by atoms with Crippen molar-refractivity contribution in [3.05, 3.63) is 24.3 Å². The lowest BCUT2D eigenvalue weighted by Gasteiger charge is -2.26. The van der Waals surface area contributed by atoms with Gasteiger partial charge in [0, 0.05) is 13.2 Å². The van der Waals surface area contributed by atoms with Crippen LogP contribution in [0.2, 0.25) is 0 Å². The van der Waals surface area contributed by atoms with Crippen LogP contribution >= 0.6 is 0 Å². The van der Waals surface area contributed by atoms with Gasteiger partial charge in [-0.2, -0.15) is 0 Å². The van der Waals surface area contributed by atoms with E-state index in [1.807, 2.05) is 18.2 Å². The number of ether oxygens (including phenoxy) is 2. The lowest BCUT2D eigenvalue weighted by atomic mass is 10.0. The second-order valence-corrected chi connectivity index (χ2v) is 5.28. The molecule has 5 nitrogen and oxygen atoms in total. The van der Waals surface area contributed by atoms with Gasteiger partial charge in [-0.25, -0.2) is 0 Å². The van der Waals surface area contributed by atoms with Gasteiger partial charge in [-0.1, -0.05) is 25.5 Å². The lowest BCUT2D eigenvalue weighted by Crippen LogP contribution is -2.45. The van der Waals surface area contributed by atoms with Crippen molar-refractivity contribution in [2.24, 2.45) is 5.92 Å². The number of aliphatic hydroxyl groups excluding tert-OH is 1. The van der Waals surface area contributed by atoms with Gasteiger partial charge in [0.25, 0.3) is 5.91 Å². The van der Waals surface area contributed by atoms with Crippen LogP contribution in [-0.4, -0.2) is 36.9 Å². The van der Waals surface area contributed by atoms with Crippen LogP contribution in [0.1, 0.15) is 26.2 Å². The molecular weight excluding hydrogens is 270 g/mol. The van der Waals surface area contributed by atoms with Gasteiger partial charge < -0.3 is 19.9 Å². The molecule has 0 aliphatic carbocycles. The summed E-state index contributed by atoms with van der Waals surface area (Å²) in [5, 5.41) is 11.9. The van der Waals surface area contributed by atoms with E-state index in [1.54, 1.807) is 6.07 Å². The van der Waals surface area contributed by atoms with Crippen LogP contribution in [0.4, 0.5) is 0 Å². The average Bonchev–Trinajstić information content (AvgIpc) is 2.52. The normalized spacial score (nSPS) is 18.1. The Morgan fingerprint density at radius 2 is 2.14 bits per heavy atom. The summed E-state index contributed by atoms with van der Waals surface area (Å²) < 4.78 is 11.2. The smallest absolute Gasteiger partial charge is 0.264 e. The van der Waals surface area contributed by atoms with Gasteiger partial charge in [0.1, 0.15) is 6.61 Å². The van der Waals surface area contributed by atoms with E-state index in [9.17, 15) is 4.79 Å². The molecule has 1 aliphatic heterocycles. The Morgan fingerprint density at radius 1 is 1.38 bits per heavy atom. The average molecular weight is 293 g/mol. The Labute approximate surface area is 125 Å². The first-order chi connectivity index (χ1) is 10.2. The van der Waals surface area contributed by atoms with E-state index in [2.05, 4.69) is 12.2 Å². The fourth-order valence-corrected chi connectivity index (χ4v) is 2.45. The van der Waals surface area contributed by atoms with Crippen molar-refractivity contribution >= 4 is 5.91 Å². The largest absolute Gasteiger partial charge is 0.485 e. The van der Waals surface area contributed by atoms with E-state index in [-0.39, 0.29) is 19.1 Å². The molecule has 0 saturated heterocycles. The molecule has 1 heterocycles. The molecule has 0 radical (unpaired) electrons. The van der Waals surface area contributed by atoms with Crippen LogP contribution in [-0.2, 0) is 4.79 Å². The minimum atomic E-state index is -0.615. The van der Waals surface area contributed by atoms with Crippen molar-refractivity contribution in [1.29, 1.82) is 0 Å². The van der Waals surface area contributed by atoms with Crippen molar-refractivity contribution in [1.82, 2.24) is 5.32 Å². The van der Waals surface area contributed by atoms with Crippen LogP contribution in [0, 0.1) is 5.92 Å². The molecule has 1 aliphatic rings. The van der Waals surface area contributed by atoms with E-state index < -0.39 is 6.10 Å². The molecule has 5 heteroatoms.